The van der Waals surface area contributed by atoms with E-state index in [1.54, 1.807) is 0 Å². The number of aliphatic hydroxyl groups excluding tert-OH is 1. The molecule has 6 heteroatoms. The maximum Gasteiger partial charge on any atom is 0.278 e. The Morgan fingerprint density at radius 3 is 2.73 bits per heavy atom. The standard InChI is InChI=1S/C9H16N2O3S/c12-5-1-2-10-8(13)9(15)11-3-6-14-7-4-11/h12H,1-7H2,(H,10,13). The maximum atomic E-state index is 11.5. The van der Waals surface area contributed by atoms with E-state index in [4.69, 9.17) is 22.1 Å². The Bertz CT molecular complexity index is 229. The summed E-state index contributed by atoms with van der Waals surface area (Å²) in [5, 5.41) is 11.2. The van der Waals surface area contributed by atoms with Gasteiger partial charge < -0.3 is 20.1 Å². The van der Waals surface area contributed by atoms with Crippen molar-refractivity contribution >= 4 is 23.1 Å². The van der Waals surface area contributed by atoms with E-state index in [2.05, 4.69) is 5.32 Å². The molecule has 0 bridgehead atoms. The van der Waals surface area contributed by atoms with Crippen molar-refractivity contribution in [1.82, 2.24) is 10.2 Å². The van der Waals surface area contributed by atoms with E-state index in [-0.39, 0.29) is 12.5 Å². The van der Waals surface area contributed by atoms with Gasteiger partial charge in [0.1, 0.15) is 0 Å². The van der Waals surface area contributed by atoms with Crippen LogP contribution in [0.2, 0.25) is 0 Å². The van der Waals surface area contributed by atoms with Gasteiger partial charge in [0.15, 0.2) is 4.99 Å². The van der Waals surface area contributed by atoms with Crippen molar-refractivity contribution in [1.29, 1.82) is 0 Å². The van der Waals surface area contributed by atoms with Gasteiger partial charge in [-0.05, 0) is 6.42 Å². The highest BCUT2D eigenvalue weighted by Gasteiger charge is 2.18. The van der Waals surface area contributed by atoms with E-state index in [0.29, 0.717) is 44.3 Å². The Kier molecular flexibility index (Phi) is 5.52. The van der Waals surface area contributed by atoms with Gasteiger partial charge in [0.2, 0.25) is 0 Å². The lowest BCUT2D eigenvalue weighted by molar-refractivity contribution is -0.115. The van der Waals surface area contributed by atoms with Crippen LogP contribution in [-0.2, 0) is 9.53 Å². The van der Waals surface area contributed by atoms with Gasteiger partial charge in [0, 0.05) is 26.2 Å². The lowest BCUT2D eigenvalue weighted by Gasteiger charge is -2.28. The fraction of sp³-hybridized carbons (Fsp3) is 0.778. The van der Waals surface area contributed by atoms with Crippen molar-refractivity contribution in [3.63, 3.8) is 0 Å². The molecule has 1 aliphatic heterocycles. The normalized spacial score (nSPS) is 16.2. The zero-order valence-electron chi connectivity index (χ0n) is 8.57. The van der Waals surface area contributed by atoms with Crippen LogP contribution in [-0.4, -0.2) is 60.4 Å². The smallest absolute Gasteiger partial charge is 0.278 e. The van der Waals surface area contributed by atoms with E-state index in [9.17, 15) is 4.79 Å². The number of nitrogens with one attached hydrogen (secondary N) is 1. The molecule has 0 spiro atoms. The Balaban J connectivity index is 2.28. The van der Waals surface area contributed by atoms with E-state index in [0.717, 1.165) is 0 Å². The molecule has 0 aliphatic carbocycles. The number of hydrogen-bond donors (Lipinski definition) is 2. The number of ether oxygens (including phenoxy) is 1. The van der Waals surface area contributed by atoms with Crippen LogP contribution >= 0.6 is 12.2 Å². The number of carbonyl (C=O) groups excluding carboxylic acids is 1. The average Bonchev–Trinajstić information content (AvgIpc) is 2.29. The van der Waals surface area contributed by atoms with Crippen molar-refractivity contribution in [3.8, 4) is 0 Å². The minimum atomic E-state index is -0.236. The van der Waals surface area contributed by atoms with Gasteiger partial charge in [-0.15, -0.1) is 0 Å². The summed E-state index contributed by atoms with van der Waals surface area (Å²) in [5.41, 5.74) is 0. The number of aliphatic hydroxyl groups is 1. The molecule has 0 atom stereocenters. The Morgan fingerprint density at radius 2 is 2.13 bits per heavy atom. The number of morpholine rings is 1. The van der Waals surface area contributed by atoms with E-state index in [1.165, 1.54) is 0 Å². The van der Waals surface area contributed by atoms with E-state index in [1.807, 2.05) is 4.90 Å². The van der Waals surface area contributed by atoms with Gasteiger partial charge >= 0.3 is 0 Å². The number of rotatable bonds is 3. The highest BCUT2D eigenvalue weighted by molar-refractivity contribution is 7.82. The van der Waals surface area contributed by atoms with Crippen LogP contribution in [0.25, 0.3) is 0 Å². The largest absolute Gasteiger partial charge is 0.396 e. The van der Waals surface area contributed by atoms with E-state index >= 15 is 0 Å². The molecule has 15 heavy (non-hydrogen) atoms. The summed E-state index contributed by atoms with van der Waals surface area (Å²) in [5.74, 6) is -0.236. The monoisotopic (exact) mass is 232 g/mol. The molecule has 0 radical (unpaired) electrons. The highest BCUT2D eigenvalue weighted by atomic mass is 32.1. The van der Waals surface area contributed by atoms with Crippen molar-refractivity contribution < 1.29 is 14.6 Å². The van der Waals surface area contributed by atoms with E-state index < -0.39 is 0 Å². The van der Waals surface area contributed by atoms with Crippen LogP contribution in [0.3, 0.4) is 0 Å². The summed E-state index contributed by atoms with van der Waals surface area (Å²) in [6, 6.07) is 0. The molecule has 1 rings (SSSR count). The van der Waals surface area contributed by atoms with Crippen LogP contribution < -0.4 is 5.32 Å². The number of hydrogen-bond acceptors (Lipinski definition) is 4. The Labute approximate surface area is 94.4 Å². The summed E-state index contributed by atoms with van der Waals surface area (Å²) in [6.45, 7) is 3.11. The predicted octanol–water partition coefficient (Wildman–Crippen LogP) is -0.855. The molecule has 1 heterocycles. The topological polar surface area (TPSA) is 61.8 Å². The van der Waals surface area contributed by atoms with Crippen LogP contribution in [0.1, 0.15) is 6.42 Å². The van der Waals surface area contributed by atoms with Crippen LogP contribution in [0.15, 0.2) is 0 Å². The number of thiocarbonyl (C=S) groups is 1. The number of amides is 1. The molecule has 0 aromatic rings. The van der Waals surface area contributed by atoms with Crippen molar-refractivity contribution in [2.24, 2.45) is 0 Å². The Morgan fingerprint density at radius 1 is 1.47 bits per heavy atom. The SMILES string of the molecule is O=C(NCCCO)C(=S)N1CCOCC1. The van der Waals surface area contributed by atoms with Gasteiger partial charge in [-0.2, -0.15) is 0 Å². The fourth-order valence-corrected chi connectivity index (χ4v) is 1.52. The van der Waals surface area contributed by atoms with Gasteiger partial charge in [-0.25, -0.2) is 0 Å². The molecule has 5 nitrogen and oxygen atoms in total. The van der Waals surface area contributed by atoms with Crippen molar-refractivity contribution in [2.75, 3.05) is 39.5 Å². The summed E-state index contributed by atoms with van der Waals surface area (Å²) in [4.78, 5) is 13.7. The molecule has 1 saturated heterocycles. The third kappa shape index (κ3) is 4.11. The molecule has 1 aliphatic rings. The molecule has 2 N–H and O–H groups in total. The second kappa shape index (κ2) is 6.71. The average molecular weight is 232 g/mol. The lowest BCUT2D eigenvalue weighted by Crippen LogP contribution is -2.47. The molecule has 86 valence electrons. The summed E-state index contributed by atoms with van der Waals surface area (Å²) < 4.78 is 5.16. The second-order valence-electron chi connectivity index (χ2n) is 3.24. The van der Waals surface area contributed by atoms with Gasteiger partial charge in [-0.1, -0.05) is 12.2 Å². The number of carbonyl (C=O) groups is 1. The molecule has 1 fully saturated rings. The molecular weight excluding hydrogens is 216 g/mol. The summed E-state index contributed by atoms with van der Waals surface area (Å²) >= 11 is 5.04. The van der Waals surface area contributed by atoms with Gasteiger partial charge in [-0.3, -0.25) is 4.79 Å². The quantitative estimate of drug-likeness (QED) is 0.490. The predicted molar refractivity (Wildman–Crippen MR) is 59.7 cm³/mol. The second-order valence-corrected chi connectivity index (χ2v) is 3.62. The summed E-state index contributed by atoms with van der Waals surface area (Å²) in [6.07, 6.45) is 0.553. The first-order valence-corrected chi connectivity index (χ1v) is 5.42. The molecule has 0 aromatic heterocycles. The first-order chi connectivity index (χ1) is 7.25. The lowest BCUT2D eigenvalue weighted by atomic mass is 10.4. The zero-order valence-corrected chi connectivity index (χ0v) is 9.39. The van der Waals surface area contributed by atoms with Crippen LogP contribution in [0.4, 0.5) is 0 Å². The first-order valence-electron chi connectivity index (χ1n) is 5.01. The first kappa shape index (κ1) is 12.4. The van der Waals surface area contributed by atoms with Crippen LogP contribution in [0, 0.1) is 0 Å². The maximum absolute atomic E-state index is 11.5. The van der Waals surface area contributed by atoms with Gasteiger partial charge in [0.05, 0.1) is 13.2 Å². The molecule has 1 amide bonds. The molecule has 0 saturated carbocycles. The minimum Gasteiger partial charge on any atom is -0.396 e. The van der Waals surface area contributed by atoms with Gasteiger partial charge in [0.25, 0.3) is 5.91 Å². The van der Waals surface area contributed by atoms with Crippen LogP contribution in [0.5, 0.6) is 0 Å². The minimum absolute atomic E-state index is 0.0740. The summed E-state index contributed by atoms with van der Waals surface area (Å²) in [7, 11) is 0. The third-order valence-corrected chi connectivity index (χ3v) is 2.56. The fourth-order valence-electron chi connectivity index (χ4n) is 1.27. The number of nitrogens with zero attached hydrogens (tertiary/aromatic N) is 1. The molecule has 0 unspecified atom stereocenters. The highest BCUT2D eigenvalue weighted by Crippen LogP contribution is 1.99. The molecular formula is C9H16N2O3S. The Hall–Kier alpha value is -0.720. The zero-order chi connectivity index (χ0) is 11.1. The van der Waals surface area contributed by atoms with Crippen molar-refractivity contribution in [2.45, 2.75) is 6.42 Å². The van der Waals surface area contributed by atoms with Crippen molar-refractivity contribution in [3.05, 3.63) is 0 Å². The third-order valence-electron chi connectivity index (χ3n) is 2.11. The molecule has 0 aromatic carbocycles.